The number of para-hydroxylation sites is 1. The zero-order valence-electron chi connectivity index (χ0n) is 17.9. The lowest BCUT2D eigenvalue weighted by atomic mass is 9.93. The molecule has 1 aliphatic rings. The van der Waals surface area contributed by atoms with Gasteiger partial charge in [-0.2, -0.15) is 5.10 Å². The zero-order chi connectivity index (χ0) is 22.8. The molecule has 164 valence electrons. The van der Waals surface area contributed by atoms with Crippen LogP contribution in [0.15, 0.2) is 70.6 Å². The van der Waals surface area contributed by atoms with E-state index in [1.54, 1.807) is 43.7 Å². The maximum Gasteiger partial charge on any atom is 0.380 e. The molecule has 0 saturated heterocycles. The van der Waals surface area contributed by atoms with E-state index in [9.17, 15) is 9.59 Å². The summed E-state index contributed by atoms with van der Waals surface area (Å²) in [4.78, 5) is 33.6. The lowest BCUT2D eigenvalue weighted by molar-refractivity contribution is 0.0700. The molecule has 0 saturated carbocycles. The van der Waals surface area contributed by atoms with Crippen LogP contribution in [0.4, 0.5) is 0 Å². The minimum absolute atomic E-state index is 0.128. The predicted octanol–water partition coefficient (Wildman–Crippen LogP) is 4.22. The molecular weight excluding hydrogens is 420 g/mol. The first-order valence-electron chi connectivity index (χ1n) is 10.6. The van der Waals surface area contributed by atoms with E-state index in [1.165, 1.54) is 0 Å². The number of fused-ring (bicyclic) bond motifs is 2. The molecule has 0 atom stereocenters. The summed E-state index contributed by atoms with van der Waals surface area (Å²) in [6.07, 6.45) is 6.88. The molecule has 3 heterocycles. The molecule has 8 nitrogen and oxygen atoms in total. The van der Waals surface area contributed by atoms with Crippen molar-refractivity contribution in [3.05, 3.63) is 89.3 Å². The van der Waals surface area contributed by atoms with E-state index >= 15 is 0 Å². The highest BCUT2D eigenvalue weighted by molar-refractivity contribution is 6.07. The Bertz CT molecular complexity index is 1390. The third-order valence-electron chi connectivity index (χ3n) is 5.54. The Morgan fingerprint density at radius 3 is 2.73 bits per heavy atom. The van der Waals surface area contributed by atoms with Crippen molar-refractivity contribution in [1.29, 1.82) is 0 Å². The Labute approximate surface area is 189 Å². The molecule has 0 unspecified atom stereocenters. The monoisotopic (exact) mass is 440 g/mol. The number of aryl methyl sites for hydroxylation is 1. The van der Waals surface area contributed by atoms with Gasteiger partial charge in [-0.05, 0) is 44.0 Å². The first-order valence-corrected chi connectivity index (χ1v) is 10.6. The number of nitrogens with zero attached hydrogens (tertiary/aromatic N) is 3. The third kappa shape index (κ3) is 3.98. The molecule has 1 N–H and O–H groups in total. The first kappa shape index (κ1) is 20.6. The lowest BCUT2D eigenvalue weighted by Gasteiger charge is -2.13. The number of amides is 1. The van der Waals surface area contributed by atoms with Gasteiger partial charge in [0, 0.05) is 47.1 Å². The number of hydrogen-bond acceptors (Lipinski definition) is 7. The molecule has 5 rings (SSSR count). The number of carbonyl (C=O) groups is 2. The minimum atomic E-state index is -0.597. The van der Waals surface area contributed by atoms with Crippen LogP contribution in [0.1, 0.15) is 50.6 Å². The van der Waals surface area contributed by atoms with Crippen molar-refractivity contribution in [1.82, 2.24) is 15.4 Å². The van der Waals surface area contributed by atoms with Crippen LogP contribution in [0, 0.1) is 6.92 Å². The van der Waals surface area contributed by atoms with E-state index < -0.39 is 5.97 Å². The second kappa shape index (κ2) is 8.66. The smallest absolute Gasteiger partial charge is 0.380 e. The topological polar surface area (TPSA) is 107 Å². The van der Waals surface area contributed by atoms with Crippen LogP contribution in [0.3, 0.4) is 0 Å². The molecular formula is C25H20N4O4. The summed E-state index contributed by atoms with van der Waals surface area (Å²) in [6.45, 7) is 1.80. The van der Waals surface area contributed by atoms with Crippen LogP contribution in [0.5, 0.6) is 5.75 Å². The number of esters is 1. The Hall–Kier alpha value is -4.33. The number of rotatable bonds is 4. The van der Waals surface area contributed by atoms with Crippen molar-refractivity contribution >= 4 is 28.5 Å². The predicted molar refractivity (Wildman–Crippen MR) is 121 cm³/mol. The second-order valence-corrected chi connectivity index (χ2v) is 7.66. The Morgan fingerprint density at radius 2 is 1.88 bits per heavy atom. The molecule has 3 aromatic heterocycles. The van der Waals surface area contributed by atoms with Gasteiger partial charge in [0.25, 0.3) is 5.91 Å². The number of carbonyl (C=O) groups excluding carboxylic acids is 2. The van der Waals surface area contributed by atoms with Crippen molar-refractivity contribution in [2.24, 2.45) is 5.10 Å². The molecule has 1 aromatic carbocycles. The van der Waals surface area contributed by atoms with Crippen molar-refractivity contribution < 1.29 is 18.7 Å². The van der Waals surface area contributed by atoms with Crippen LogP contribution < -0.4 is 10.2 Å². The number of pyridine rings is 2. The van der Waals surface area contributed by atoms with Gasteiger partial charge >= 0.3 is 5.97 Å². The highest BCUT2D eigenvalue weighted by Gasteiger charge is 2.29. The Balaban J connectivity index is 1.41. The highest BCUT2D eigenvalue weighted by Crippen LogP contribution is 2.31. The summed E-state index contributed by atoms with van der Waals surface area (Å²) in [5, 5.41) is 5.21. The third-order valence-corrected chi connectivity index (χ3v) is 5.54. The molecule has 0 aliphatic heterocycles. The first-order chi connectivity index (χ1) is 16.1. The number of aromatic nitrogens is 2. The maximum absolute atomic E-state index is 13.0. The Kier molecular flexibility index (Phi) is 5.40. The minimum Gasteiger partial charge on any atom is -0.453 e. The quantitative estimate of drug-likeness (QED) is 0.289. The fourth-order valence-electron chi connectivity index (χ4n) is 3.97. The van der Waals surface area contributed by atoms with Crippen LogP contribution in [0.25, 0.3) is 10.9 Å². The van der Waals surface area contributed by atoms with Crippen LogP contribution in [0.2, 0.25) is 0 Å². The lowest BCUT2D eigenvalue weighted by Crippen LogP contribution is -2.22. The maximum atomic E-state index is 13.0. The average molecular weight is 440 g/mol. The van der Waals surface area contributed by atoms with Gasteiger partial charge in [-0.25, -0.2) is 10.2 Å². The second-order valence-electron chi connectivity index (χ2n) is 7.66. The van der Waals surface area contributed by atoms with Gasteiger partial charge in [0.15, 0.2) is 5.75 Å². The van der Waals surface area contributed by atoms with Crippen LogP contribution >= 0.6 is 0 Å². The number of hydrogen-bond donors (Lipinski definition) is 1. The molecule has 4 aromatic rings. The normalized spacial score (nSPS) is 14.2. The van der Waals surface area contributed by atoms with Gasteiger partial charge in [-0.3, -0.25) is 14.8 Å². The van der Waals surface area contributed by atoms with Gasteiger partial charge < -0.3 is 9.15 Å². The largest absolute Gasteiger partial charge is 0.453 e. The number of furan rings is 1. The summed E-state index contributed by atoms with van der Waals surface area (Å²) < 4.78 is 11.6. The summed E-state index contributed by atoms with van der Waals surface area (Å²) in [5.74, 6) is 0.230. The molecule has 8 heteroatoms. The molecule has 0 radical (unpaired) electrons. The molecule has 0 bridgehead atoms. The molecule has 33 heavy (non-hydrogen) atoms. The van der Waals surface area contributed by atoms with Gasteiger partial charge in [-0.15, -0.1) is 0 Å². The highest BCUT2D eigenvalue weighted by atomic mass is 16.5. The van der Waals surface area contributed by atoms with Crippen molar-refractivity contribution in [2.45, 2.75) is 26.2 Å². The summed E-state index contributed by atoms with van der Waals surface area (Å²) in [7, 11) is 0. The summed E-state index contributed by atoms with van der Waals surface area (Å²) >= 11 is 0. The standard InChI is InChI=1S/C25H20N4O4/c1-15-21-18(28-29-24(30)17-10-13-26-14-11-17)7-3-8-19(21)32-23(15)25(31)33-20-9-2-5-16-6-4-12-27-22(16)20/h2,4-6,9-14H,3,7-8H2,1H3,(H,29,30)/b28-18+. The van der Waals surface area contributed by atoms with E-state index in [1.807, 2.05) is 24.3 Å². The van der Waals surface area contributed by atoms with Gasteiger partial charge in [-0.1, -0.05) is 18.2 Å². The average Bonchev–Trinajstić information content (AvgIpc) is 3.20. The SMILES string of the molecule is Cc1c(C(=O)Oc2cccc3cccnc23)oc2c1/C(=N/NC(=O)c1ccncc1)CCC2. The van der Waals surface area contributed by atoms with Crippen LogP contribution in [-0.4, -0.2) is 27.6 Å². The van der Waals surface area contributed by atoms with Crippen molar-refractivity contribution in [3.63, 3.8) is 0 Å². The van der Waals surface area contributed by atoms with Crippen molar-refractivity contribution in [2.75, 3.05) is 0 Å². The fraction of sp³-hybridized carbons (Fsp3) is 0.160. The summed E-state index contributed by atoms with van der Waals surface area (Å²) in [5.41, 5.74) is 5.71. The molecule has 0 spiro atoms. The zero-order valence-corrected chi connectivity index (χ0v) is 17.9. The van der Waals surface area contributed by atoms with Crippen molar-refractivity contribution in [3.8, 4) is 5.75 Å². The molecule has 0 fully saturated rings. The number of benzene rings is 1. The number of nitrogens with one attached hydrogen (secondary N) is 1. The summed E-state index contributed by atoms with van der Waals surface area (Å²) in [6, 6.07) is 12.4. The van der Waals surface area contributed by atoms with E-state index in [0.29, 0.717) is 46.7 Å². The Morgan fingerprint density at radius 1 is 1.06 bits per heavy atom. The van der Waals surface area contributed by atoms with Gasteiger partial charge in [0.05, 0.1) is 5.71 Å². The van der Waals surface area contributed by atoms with Gasteiger partial charge in [0.2, 0.25) is 5.76 Å². The van der Waals surface area contributed by atoms with E-state index in [4.69, 9.17) is 9.15 Å². The van der Waals surface area contributed by atoms with Crippen LogP contribution in [-0.2, 0) is 6.42 Å². The van der Waals surface area contributed by atoms with E-state index in [-0.39, 0.29) is 11.7 Å². The fourth-order valence-corrected chi connectivity index (χ4v) is 3.97. The number of ether oxygens (including phenoxy) is 1. The van der Waals surface area contributed by atoms with Gasteiger partial charge in [0.1, 0.15) is 11.3 Å². The van der Waals surface area contributed by atoms with E-state index in [2.05, 4.69) is 20.5 Å². The van der Waals surface area contributed by atoms with E-state index in [0.717, 1.165) is 17.4 Å². The molecule has 1 amide bonds. The number of hydrazone groups is 1. The molecule has 1 aliphatic carbocycles.